The van der Waals surface area contributed by atoms with Gasteiger partial charge in [0.2, 0.25) is 0 Å². The molecule has 3 nitrogen and oxygen atoms in total. The number of aromatic amines is 1. The first kappa shape index (κ1) is 8.13. The molecule has 1 aromatic carbocycles. The van der Waals surface area contributed by atoms with E-state index in [-0.39, 0.29) is 0 Å². The second-order valence-corrected chi connectivity index (χ2v) is 2.96. The third kappa shape index (κ3) is 1.51. The summed E-state index contributed by atoms with van der Waals surface area (Å²) in [4.78, 5) is 3.21. The van der Waals surface area contributed by atoms with Crippen molar-refractivity contribution in [1.82, 2.24) is 10.3 Å². The van der Waals surface area contributed by atoms with Crippen molar-refractivity contribution in [2.75, 3.05) is 19.0 Å². The van der Waals surface area contributed by atoms with Gasteiger partial charge in [-0.3, -0.25) is 0 Å². The van der Waals surface area contributed by atoms with E-state index in [1.165, 1.54) is 10.9 Å². The molecule has 1 heterocycles. The summed E-state index contributed by atoms with van der Waals surface area (Å²) in [6, 6.07) is 8.24. The van der Waals surface area contributed by atoms with Crippen molar-refractivity contribution in [2.24, 2.45) is 0 Å². The van der Waals surface area contributed by atoms with Gasteiger partial charge in [0.05, 0.1) is 12.4 Å². The number of hydrogen-bond donors (Lipinski definition) is 3. The van der Waals surface area contributed by atoms with Gasteiger partial charge in [-0.15, -0.1) is 0 Å². The van der Waals surface area contributed by atoms with Crippen LogP contribution in [-0.2, 0) is 0 Å². The van der Waals surface area contributed by atoms with Gasteiger partial charge < -0.3 is 15.6 Å². The Morgan fingerprint density at radius 3 is 3.00 bits per heavy atom. The summed E-state index contributed by atoms with van der Waals surface area (Å²) in [5, 5.41) is 7.55. The number of hydrogen-bond acceptors (Lipinski definition) is 2. The summed E-state index contributed by atoms with van der Waals surface area (Å²) in [5.74, 6) is 0. The van der Waals surface area contributed by atoms with Crippen LogP contribution in [0.1, 0.15) is 0 Å². The van der Waals surface area contributed by atoms with Gasteiger partial charge in [0.1, 0.15) is 0 Å². The smallest absolute Gasteiger partial charge is 0.0651 e. The average Bonchev–Trinajstić information content (AvgIpc) is 2.58. The van der Waals surface area contributed by atoms with Crippen LogP contribution < -0.4 is 10.6 Å². The minimum absolute atomic E-state index is 0.780. The molecular formula is C10H13N3. The molecule has 0 spiro atoms. The van der Waals surface area contributed by atoms with E-state index in [1.807, 2.05) is 25.4 Å². The zero-order valence-corrected chi connectivity index (χ0v) is 7.59. The molecule has 0 bridgehead atoms. The van der Waals surface area contributed by atoms with Crippen molar-refractivity contribution in [3.05, 3.63) is 30.5 Å². The van der Waals surface area contributed by atoms with E-state index in [9.17, 15) is 0 Å². The molecule has 0 aliphatic rings. The Labute approximate surface area is 77.2 Å². The van der Waals surface area contributed by atoms with Crippen molar-refractivity contribution >= 4 is 16.6 Å². The molecule has 0 atom stereocenters. The van der Waals surface area contributed by atoms with Crippen molar-refractivity contribution in [2.45, 2.75) is 0 Å². The molecule has 0 radical (unpaired) electrons. The number of rotatable bonds is 3. The molecule has 2 aromatic rings. The summed E-state index contributed by atoms with van der Waals surface area (Å²) >= 11 is 0. The standard InChI is InChI=1S/C10H13N3/c1-11-7-13-10-6-12-9-5-3-2-4-8(9)10/h2-6,11-13H,7H2,1H3. The summed E-state index contributed by atoms with van der Waals surface area (Å²) in [7, 11) is 1.92. The lowest BCUT2D eigenvalue weighted by Gasteiger charge is -2.02. The maximum absolute atomic E-state index is 3.27. The van der Waals surface area contributed by atoms with E-state index in [1.54, 1.807) is 0 Å². The Hall–Kier alpha value is -1.48. The summed E-state index contributed by atoms with van der Waals surface area (Å²) in [5.41, 5.74) is 2.31. The number of aromatic nitrogens is 1. The molecular weight excluding hydrogens is 162 g/mol. The van der Waals surface area contributed by atoms with Crippen LogP contribution in [0.15, 0.2) is 30.5 Å². The second-order valence-electron chi connectivity index (χ2n) is 2.96. The largest absolute Gasteiger partial charge is 0.371 e. The van der Waals surface area contributed by atoms with Crippen LogP contribution in [0.2, 0.25) is 0 Å². The third-order valence-electron chi connectivity index (χ3n) is 2.04. The fraction of sp³-hybridized carbons (Fsp3) is 0.200. The van der Waals surface area contributed by atoms with Gasteiger partial charge >= 0.3 is 0 Å². The number of H-pyrrole nitrogens is 1. The molecule has 1 aromatic heterocycles. The fourth-order valence-corrected chi connectivity index (χ4v) is 1.40. The highest BCUT2D eigenvalue weighted by Crippen LogP contribution is 2.21. The molecule has 0 saturated carbocycles. The summed E-state index contributed by atoms with van der Waals surface area (Å²) in [6.45, 7) is 0.780. The second kappa shape index (κ2) is 3.49. The van der Waals surface area contributed by atoms with E-state index in [2.05, 4.69) is 27.8 Å². The first-order chi connectivity index (χ1) is 6.42. The SMILES string of the molecule is CNCNc1c[nH]c2ccccc12. The number of nitrogens with one attached hydrogen (secondary N) is 3. The molecule has 68 valence electrons. The van der Waals surface area contributed by atoms with Gasteiger partial charge in [-0.25, -0.2) is 0 Å². The normalized spacial score (nSPS) is 10.5. The van der Waals surface area contributed by atoms with Crippen molar-refractivity contribution < 1.29 is 0 Å². The molecule has 3 heteroatoms. The molecule has 0 amide bonds. The minimum Gasteiger partial charge on any atom is -0.371 e. The lowest BCUT2D eigenvalue weighted by molar-refractivity contribution is 0.875. The topological polar surface area (TPSA) is 39.8 Å². The average molecular weight is 175 g/mol. The first-order valence-electron chi connectivity index (χ1n) is 4.36. The van der Waals surface area contributed by atoms with E-state index in [0.29, 0.717) is 0 Å². The third-order valence-corrected chi connectivity index (χ3v) is 2.04. The molecule has 13 heavy (non-hydrogen) atoms. The van der Waals surface area contributed by atoms with E-state index >= 15 is 0 Å². The zero-order valence-electron chi connectivity index (χ0n) is 7.59. The Morgan fingerprint density at radius 2 is 2.15 bits per heavy atom. The van der Waals surface area contributed by atoms with E-state index in [4.69, 9.17) is 0 Å². The van der Waals surface area contributed by atoms with Crippen LogP contribution in [0.5, 0.6) is 0 Å². The van der Waals surface area contributed by atoms with Crippen LogP contribution in [0, 0.1) is 0 Å². The number of fused-ring (bicyclic) bond motifs is 1. The predicted molar refractivity (Wildman–Crippen MR) is 55.8 cm³/mol. The van der Waals surface area contributed by atoms with Crippen LogP contribution >= 0.6 is 0 Å². The number of benzene rings is 1. The van der Waals surface area contributed by atoms with Gasteiger partial charge in [0.15, 0.2) is 0 Å². The summed E-state index contributed by atoms with van der Waals surface area (Å²) < 4.78 is 0. The zero-order chi connectivity index (χ0) is 9.10. The number of para-hydroxylation sites is 1. The van der Waals surface area contributed by atoms with Gasteiger partial charge in [-0.05, 0) is 13.1 Å². The van der Waals surface area contributed by atoms with Crippen LogP contribution in [0.3, 0.4) is 0 Å². The molecule has 2 rings (SSSR count). The molecule has 0 fully saturated rings. The van der Waals surface area contributed by atoms with E-state index in [0.717, 1.165) is 12.4 Å². The highest BCUT2D eigenvalue weighted by molar-refractivity contribution is 5.92. The van der Waals surface area contributed by atoms with Crippen molar-refractivity contribution in [3.8, 4) is 0 Å². The minimum atomic E-state index is 0.780. The fourth-order valence-electron chi connectivity index (χ4n) is 1.40. The molecule has 0 saturated heterocycles. The Morgan fingerprint density at radius 1 is 1.31 bits per heavy atom. The summed E-state index contributed by atoms with van der Waals surface area (Å²) in [6.07, 6.45) is 1.99. The molecule has 3 N–H and O–H groups in total. The number of anilines is 1. The maximum Gasteiger partial charge on any atom is 0.0651 e. The molecule has 0 aliphatic heterocycles. The van der Waals surface area contributed by atoms with Gasteiger partial charge in [-0.1, -0.05) is 18.2 Å². The monoisotopic (exact) mass is 175 g/mol. The quantitative estimate of drug-likeness (QED) is 0.622. The van der Waals surface area contributed by atoms with Gasteiger partial charge in [0, 0.05) is 17.1 Å². The van der Waals surface area contributed by atoms with Gasteiger partial charge in [-0.2, -0.15) is 0 Å². The van der Waals surface area contributed by atoms with Crippen LogP contribution in [0.4, 0.5) is 5.69 Å². The molecule has 0 aliphatic carbocycles. The highest BCUT2D eigenvalue weighted by Gasteiger charge is 1.99. The lowest BCUT2D eigenvalue weighted by atomic mass is 10.2. The van der Waals surface area contributed by atoms with E-state index < -0.39 is 0 Å². The van der Waals surface area contributed by atoms with Crippen molar-refractivity contribution in [3.63, 3.8) is 0 Å². The van der Waals surface area contributed by atoms with Crippen LogP contribution in [0.25, 0.3) is 10.9 Å². The van der Waals surface area contributed by atoms with Crippen molar-refractivity contribution in [1.29, 1.82) is 0 Å². The highest BCUT2D eigenvalue weighted by atomic mass is 15.0. The van der Waals surface area contributed by atoms with Crippen LogP contribution in [-0.4, -0.2) is 18.7 Å². The Bertz CT molecular complexity index is 392. The molecule has 0 unspecified atom stereocenters. The maximum atomic E-state index is 3.27. The predicted octanol–water partition coefficient (Wildman–Crippen LogP) is 1.76. The Kier molecular flexibility index (Phi) is 2.19. The lowest BCUT2D eigenvalue weighted by Crippen LogP contribution is -2.16. The Balaban J connectivity index is 2.35. The van der Waals surface area contributed by atoms with Gasteiger partial charge in [0.25, 0.3) is 0 Å². The first-order valence-corrected chi connectivity index (χ1v) is 4.36.